The van der Waals surface area contributed by atoms with E-state index in [1.807, 2.05) is 0 Å². The van der Waals surface area contributed by atoms with E-state index in [1.165, 1.54) is 27.7 Å². The summed E-state index contributed by atoms with van der Waals surface area (Å²) in [6.07, 6.45) is 0. The van der Waals surface area contributed by atoms with E-state index in [2.05, 4.69) is 18.1 Å². The second kappa shape index (κ2) is 15.6. The van der Waals surface area contributed by atoms with Gasteiger partial charge in [0.1, 0.15) is 0 Å². The number of hydrogen-bond donors (Lipinski definition) is 4. The first-order chi connectivity index (χ1) is 11.7. The van der Waals surface area contributed by atoms with Crippen molar-refractivity contribution in [2.45, 2.75) is 27.7 Å². The Morgan fingerprint density at radius 1 is 0.556 bits per heavy atom. The van der Waals surface area contributed by atoms with Gasteiger partial charge < -0.3 is 37.7 Å². The summed E-state index contributed by atoms with van der Waals surface area (Å²) in [6, 6.07) is 0. The molecule has 27 heavy (non-hydrogen) atoms. The van der Waals surface area contributed by atoms with E-state index < -0.39 is 27.2 Å². The predicted molar refractivity (Wildman–Crippen MR) is 101 cm³/mol. The second-order valence-corrected chi connectivity index (χ2v) is 18.3. The molecule has 4 N–H and O–H groups in total. The summed E-state index contributed by atoms with van der Waals surface area (Å²) in [7, 11) is 0. The van der Waals surface area contributed by atoms with Crippen molar-refractivity contribution in [2.24, 2.45) is 0 Å². The van der Waals surface area contributed by atoms with Crippen LogP contribution in [0.2, 0.25) is 0 Å². The summed E-state index contributed by atoms with van der Waals surface area (Å²) >= 11 is -0.138. The smallest absolute Gasteiger partial charge is 0.316 e. The van der Waals surface area contributed by atoms with Crippen LogP contribution in [0.25, 0.3) is 0 Å². The van der Waals surface area contributed by atoms with Gasteiger partial charge in [0.15, 0.2) is 0 Å². The normalized spacial score (nSPS) is 19.9. The van der Waals surface area contributed by atoms with Crippen LogP contribution in [-0.2, 0) is 53.4 Å². The molecule has 0 saturated carbocycles. The maximum absolute atomic E-state index is 11.0. The quantitative estimate of drug-likeness (QED) is 0.200. The Bertz CT molecular complexity index is 494. The van der Waals surface area contributed by atoms with Gasteiger partial charge in [-0.15, -0.1) is 0 Å². The predicted octanol–water partition coefficient (Wildman–Crippen LogP) is 3.98. The average molecular weight is 555 g/mol. The molecule has 1 radical (unpaired) electrons. The molecule has 19 heteroatoms. The van der Waals surface area contributed by atoms with Crippen LogP contribution in [0, 0.1) is 0 Å². The van der Waals surface area contributed by atoms with Gasteiger partial charge in [-0.1, -0.05) is 0 Å². The SMILES string of the molecule is CCOP(=O)(O)SP(=O)(O)OCC.CCOP(=O)(O)SP(=O)(O)OCC.[Mn]. The fraction of sp³-hybridized carbons (Fsp3) is 1.00. The Morgan fingerprint density at radius 2 is 0.704 bits per heavy atom. The van der Waals surface area contributed by atoms with Gasteiger partial charge in [-0.25, -0.2) is 18.3 Å². The first-order valence-corrected chi connectivity index (χ1v) is 17.3. The zero-order chi connectivity index (χ0) is 21.1. The number of rotatable bonds is 12. The molecule has 0 rings (SSSR count). The van der Waals surface area contributed by atoms with E-state index in [0.29, 0.717) is 0 Å². The monoisotopic (exact) mass is 555 g/mol. The topological polar surface area (TPSA) is 186 Å². The molecule has 4 atom stereocenters. The van der Waals surface area contributed by atoms with Gasteiger partial charge in [-0.05, 0) is 27.7 Å². The molecule has 0 heterocycles. The maximum atomic E-state index is 11.0. The fourth-order valence-electron chi connectivity index (χ4n) is 1.01. The summed E-state index contributed by atoms with van der Waals surface area (Å²) in [4.78, 5) is 35.8. The van der Waals surface area contributed by atoms with Crippen molar-refractivity contribution in [3.63, 3.8) is 0 Å². The molecule has 0 aliphatic heterocycles. The fourth-order valence-corrected chi connectivity index (χ4v) is 12.8. The molecular formula is C8H24MnO12P4S2. The van der Waals surface area contributed by atoms with Gasteiger partial charge in [-0.2, -0.15) is 0 Å². The van der Waals surface area contributed by atoms with Crippen molar-refractivity contribution in [2.75, 3.05) is 26.4 Å². The summed E-state index contributed by atoms with van der Waals surface area (Å²) < 4.78 is 61.4. The average Bonchev–Trinajstić information content (AvgIpc) is 2.35. The molecule has 0 saturated heterocycles. The van der Waals surface area contributed by atoms with Gasteiger partial charge in [0.25, 0.3) is 0 Å². The van der Waals surface area contributed by atoms with Crippen LogP contribution in [0.5, 0.6) is 0 Å². The summed E-state index contributed by atoms with van der Waals surface area (Å²) in [5.74, 6) is 0. The van der Waals surface area contributed by atoms with Crippen molar-refractivity contribution in [3.05, 3.63) is 0 Å². The second-order valence-electron chi connectivity index (χ2n) is 3.71. The first-order valence-electron chi connectivity index (χ1n) is 6.97. The van der Waals surface area contributed by atoms with E-state index in [1.54, 1.807) is 0 Å². The molecule has 0 bridgehead atoms. The van der Waals surface area contributed by atoms with E-state index >= 15 is 0 Å². The molecule has 4 unspecified atom stereocenters. The Morgan fingerprint density at radius 3 is 0.815 bits per heavy atom. The molecule has 0 spiro atoms. The van der Waals surface area contributed by atoms with E-state index in [4.69, 9.17) is 19.6 Å². The van der Waals surface area contributed by atoms with Crippen molar-refractivity contribution < 1.29 is 73.0 Å². The van der Waals surface area contributed by atoms with E-state index in [9.17, 15) is 18.3 Å². The van der Waals surface area contributed by atoms with Gasteiger partial charge in [0.05, 0.1) is 48.4 Å². The first kappa shape index (κ1) is 33.5. The third kappa shape index (κ3) is 20.9. The van der Waals surface area contributed by atoms with Crippen molar-refractivity contribution in [1.29, 1.82) is 0 Å². The Balaban J connectivity index is -0.000000411. The summed E-state index contributed by atoms with van der Waals surface area (Å²) in [5.41, 5.74) is 0. The van der Waals surface area contributed by atoms with E-state index in [0.717, 1.165) is 0 Å². The van der Waals surface area contributed by atoms with Gasteiger partial charge >= 0.3 is 27.2 Å². The zero-order valence-electron chi connectivity index (χ0n) is 14.9. The zero-order valence-corrected chi connectivity index (χ0v) is 21.3. The summed E-state index contributed by atoms with van der Waals surface area (Å²) in [6.45, 7) is -10.3. The Kier molecular flexibility index (Phi) is 19.3. The van der Waals surface area contributed by atoms with Crippen molar-refractivity contribution >= 4 is 49.2 Å². The molecule has 0 amide bonds. The Labute approximate surface area is 176 Å². The van der Waals surface area contributed by atoms with Gasteiger partial charge in [-0.3, -0.25) is 0 Å². The molecule has 0 aliphatic rings. The van der Waals surface area contributed by atoms with Crippen molar-refractivity contribution in [1.82, 2.24) is 0 Å². The minimum absolute atomic E-state index is 0. The molecule has 0 aromatic rings. The van der Waals surface area contributed by atoms with Crippen LogP contribution in [0.4, 0.5) is 0 Å². The molecule has 12 nitrogen and oxygen atoms in total. The van der Waals surface area contributed by atoms with E-state index in [-0.39, 0.29) is 65.5 Å². The van der Waals surface area contributed by atoms with Gasteiger partial charge in [0, 0.05) is 17.1 Å². The van der Waals surface area contributed by atoms with Crippen LogP contribution < -0.4 is 0 Å². The van der Waals surface area contributed by atoms with Crippen LogP contribution in [0.15, 0.2) is 0 Å². The molecular weight excluding hydrogens is 531 g/mol. The molecule has 0 aromatic heterocycles. The molecule has 167 valence electrons. The third-order valence-electron chi connectivity index (χ3n) is 1.58. The van der Waals surface area contributed by atoms with Crippen LogP contribution in [0.1, 0.15) is 27.7 Å². The van der Waals surface area contributed by atoms with Crippen molar-refractivity contribution in [3.8, 4) is 0 Å². The maximum Gasteiger partial charge on any atom is 0.397 e. The number of hydrogen-bond acceptors (Lipinski definition) is 10. The molecule has 0 aromatic carbocycles. The molecule has 0 aliphatic carbocycles. The van der Waals surface area contributed by atoms with Gasteiger partial charge in [0.2, 0.25) is 0 Å². The third-order valence-corrected chi connectivity index (χ3v) is 15.9. The van der Waals surface area contributed by atoms with Crippen LogP contribution in [-0.4, -0.2) is 46.0 Å². The van der Waals surface area contributed by atoms with Crippen LogP contribution >= 0.6 is 49.2 Å². The Hall–Kier alpha value is 1.82. The minimum Gasteiger partial charge on any atom is -0.316 e. The molecule has 0 fully saturated rings. The largest absolute Gasteiger partial charge is 0.397 e. The summed E-state index contributed by atoms with van der Waals surface area (Å²) in [5, 5.41) is 0. The minimum atomic E-state index is -4.07. The standard InChI is InChI=1S/2C4H12O6P2S.Mn/c2*1-3-9-11(5,6)13-12(7,8)10-4-2;/h2*3-4H2,1-2H3,(H,5,6)(H,7,8);. The van der Waals surface area contributed by atoms with Crippen LogP contribution in [0.3, 0.4) is 0 Å².